The minimum atomic E-state index is -0.513. The second kappa shape index (κ2) is 6.87. The van der Waals surface area contributed by atoms with Gasteiger partial charge in [0.05, 0.1) is 22.7 Å². The van der Waals surface area contributed by atoms with Crippen LogP contribution in [0.1, 0.15) is 58.1 Å². The van der Waals surface area contributed by atoms with E-state index >= 15 is 0 Å². The van der Waals surface area contributed by atoms with Crippen LogP contribution in [-0.4, -0.2) is 27.3 Å². The third-order valence-corrected chi connectivity index (χ3v) is 4.63. The van der Waals surface area contributed by atoms with Crippen molar-refractivity contribution in [2.45, 2.75) is 64.1 Å². The molecule has 1 saturated carbocycles. The van der Waals surface area contributed by atoms with Crippen LogP contribution in [-0.2, 0) is 4.74 Å². The summed E-state index contributed by atoms with van der Waals surface area (Å²) in [6.07, 6.45) is 2.79. The van der Waals surface area contributed by atoms with Gasteiger partial charge in [0.15, 0.2) is 0 Å². The zero-order chi connectivity index (χ0) is 18.9. The van der Waals surface area contributed by atoms with Crippen molar-refractivity contribution in [2.24, 2.45) is 0 Å². The number of fused-ring (bicyclic) bond motifs is 1. The van der Waals surface area contributed by atoms with Crippen LogP contribution in [0.25, 0.3) is 11.0 Å². The van der Waals surface area contributed by atoms with Crippen LogP contribution in [0, 0.1) is 11.3 Å². The van der Waals surface area contributed by atoms with Gasteiger partial charge >= 0.3 is 11.8 Å². The Morgan fingerprint density at radius 2 is 2.00 bits per heavy atom. The van der Waals surface area contributed by atoms with Gasteiger partial charge in [-0.2, -0.15) is 5.26 Å². The summed E-state index contributed by atoms with van der Waals surface area (Å²) < 4.78 is 7.08. The predicted molar refractivity (Wildman–Crippen MR) is 97.9 cm³/mol. The monoisotopic (exact) mass is 356 g/mol. The Hall–Kier alpha value is -2.75. The molecule has 2 aromatic rings. The molecule has 0 unspecified atom stereocenters. The highest BCUT2D eigenvalue weighted by Crippen LogP contribution is 2.30. The zero-order valence-electron chi connectivity index (χ0n) is 15.3. The van der Waals surface area contributed by atoms with E-state index in [2.05, 4.69) is 16.4 Å². The first-order chi connectivity index (χ1) is 12.3. The van der Waals surface area contributed by atoms with E-state index < -0.39 is 11.7 Å². The van der Waals surface area contributed by atoms with Crippen LogP contribution in [0.4, 0.5) is 4.79 Å². The van der Waals surface area contributed by atoms with Crippen LogP contribution >= 0.6 is 0 Å². The van der Waals surface area contributed by atoms with Crippen molar-refractivity contribution >= 4 is 17.1 Å². The van der Waals surface area contributed by atoms with Crippen LogP contribution in [0.15, 0.2) is 23.0 Å². The molecule has 0 atom stereocenters. The Labute approximate surface area is 152 Å². The van der Waals surface area contributed by atoms with Gasteiger partial charge in [-0.05, 0) is 64.7 Å². The summed E-state index contributed by atoms with van der Waals surface area (Å²) in [5, 5.41) is 11.9. The van der Waals surface area contributed by atoms with Gasteiger partial charge in [0.25, 0.3) is 0 Å². The molecule has 0 saturated heterocycles. The quantitative estimate of drug-likeness (QED) is 0.863. The molecule has 1 aromatic carbocycles. The molecular formula is C19H24N4O3. The normalized spacial score (nSPS) is 20.5. The SMILES string of the molecule is CC(C)(C)OC(=O)N[C@H]1CC[C@H](n2c(=O)[nH]c3cc(C#N)ccc32)CC1. The first-order valence-electron chi connectivity index (χ1n) is 8.91. The number of aromatic amines is 1. The highest BCUT2D eigenvalue weighted by molar-refractivity contribution is 5.77. The van der Waals surface area contributed by atoms with Gasteiger partial charge in [-0.1, -0.05) is 0 Å². The average molecular weight is 356 g/mol. The van der Waals surface area contributed by atoms with Crippen molar-refractivity contribution in [2.75, 3.05) is 0 Å². The zero-order valence-corrected chi connectivity index (χ0v) is 15.3. The molecule has 7 nitrogen and oxygen atoms in total. The fourth-order valence-electron chi connectivity index (χ4n) is 3.52. The van der Waals surface area contributed by atoms with Crippen molar-refractivity contribution in [1.29, 1.82) is 5.26 Å². The van der Waals surface area contributed by atoms with E-state index in [-0.39, 0.29) is 17.8 Å². The van der Waals surface area contributed by atoms with Gasteiger partial charge in [-0.15, -0.1) is 0 Å². The number of nitriles is 1. The van der Waals surface area contributed by atoms with E-state index in [1.165, 1.54) is 0 Å². The molecule has 26 heavy (non-hydrogen) atoms. The van der Waals surface area contributed by atoms with E-state index in [0.717, 1.165) is 31.2 Å². The Bertz CT molecular complexity index is 905. The van der Waals surface area contributed by atoms with Crippen molar-refractivity contribution in [3.05, 3.63) is 34.2 Å². The lowest BCUT2D eigenvalue weighted by molar-refractivity contribution is 0.0488. The Kier molecular flexibility index (Phi) is 4.77. The first-order valence-corrected chi connectivity index (χ1v) is 8.91. The fourth-order valence-corrected chi connectivity index (χ4v) is 3.52. The highest BCUT2D eigenvalue weighted by Gasteiger charge is 2.27. The summed E-state index contributed by atoms with van der Waals surface area (Å²) in [6.45, 7) is 5.51. The lowest BCUT2D eigenvalue weighted by Crippen LogP contribution is -2.41. The number of rotatable bonds is 2. The summed E-state index contributed by atoms with van der Waals surface area (Å²) in [5.74, 6) is 0. The van der Waals surface area contributed by atoms with Crippen LogP contribution in [0.3, 0.4) is 0 Å². The molecule has 0 radical (unpaired) electrons. The molecule has 0 spiro atoms. The number of benzene rings is 1. The molecule has 0 aliphatic heterocycles. The molecule has 1 fully saturated rings. The number of hydrogen-bond acceptors (Lipinski definition) is 4. The summed E-state index contributed by atoms with van der Waals surface area (Å²) in [7, 11) is 0. The van der Waals surface area contributed by atoms with Gasteiger partial charge in [0.2, 0.25) is 0 Å². The number of imidazole rings is 1. The van der Waals surface area contributed by atoms with Gasteiger partial charge in [-0.25, -0.2) is 9.59 Å². The number of aromatic nitrogens is 2. The third kappa shape index (κ3) is 3.90. The van der Waals surface area contributed by atoms with Crippen LogP contribution in [0.5, 0.6) is 0 Å². The predicted octanol–water partition coefficient (Wildman–Crippen LogP) is 3.21. The fraction of sp³-hybridized carbons (Fsp3) is 0.526. The maximum Gasteiger partial charge on any atom is 0.407 e. The first kappa shape index (κ1) is 18.1. The maximum atomic E-state index is 12.4. The Morgan fingerprint density at radius 1 is 1.31 bits per heavy atom. The van der Waals surface area contributed by atoms with Crippen LogP contribution in [0.2, 0.25) is 0 Å². The van der Waals surface area contributed by atoms with Crippen molar-refractivity contribution in [3.8, 4) is 6.07 Å². The summed E-state index contributed by atoms with van der Waals surface area (Å²) in [4.78, 5) is 27.1. The molecule has 1 aliphatic carbocycles. The number of amides is 1. The van der Waals surface area contributed by atoms with Gasteiger partial charge in [0, 0.05) is 12.1 Å². The second-order valence-corrected chi connectivity index (χ2v) is 7.80. The number of nitrogens with zero attached hydrogens (tertiary/aromatic N) is 2. The topological polar surface area (TPSA) is 99.9 Å². The molecular weight excluding hydrogens is 332 g/mol. The third-order valence-electron chi connectivity index (χ3n) is 4.63. The van der Waals surface area contributed by atoms with Crippen molar-refractivity contribution in [1.82, 2.24) is 14.9 Å². The van der Waals surface area contributed by atoms with Gasteiger partial charge in [-0.3, -0.25) is 4.57 Å². The number of hydrogen-bond donors (Lipinski definition) is 2. The van der Waals surface area contributed by atoms with E-state index in [9.17, 15) is 9.59 Å². The lowest BCUT2D eigenvalue weighted by Gasteiger charge is -2.30. The molecule has 3 rings (SSSR count). The Morgan fingerprint density at radius 3 is 2.62 bits per heavy atom. The molecule has 2 N–H and O–H groups in total. The largest absolute Gasteiger partial charge is 0.444 e. The van der Waals surface area contributed by atoms with Gasteiger partial charge in [0.1, 0.15) is 5.60 Å². The molecule has 1 aliphatic rings. The Balaban J connectivity index is 1.68. The number of alkyl carbamates (subject to hydrolysis) is 1. The summed E-state index contributed by atoms with van der Waals surface area (Å²) in [5.41, 5.74) is 1.36. The van der Waals surface area contributed by atoms with Crippen molar-refractivity contribution in [3.63, 3.8) is 0 Å². The van der Waals surface area contributed by atoms with Crippen LogP contribution < -0.4 is 11.0 Å². The van der Waals surface area contributed by atoms with Gasteiger partial charge < -0.3 is 15.0 Å². The summed E-state index contributed by atoms with van der Waals surface area (Å²) >= 11 is 0. The number of carbonyl (C=O) groups is 1. The van der Waals surface area contributed by atoms with Crippen molar-refractivity contribution < 1.29 is 9.53 Å². The molecule has 0 bridgehead atoms. The number of carbonyl (C=O) groups excluding carboxylic acids is 1. The number of ether oxygens (including phenoxy) is 1. The van der Waals surface area contributed by atoms with E-state index in [4.69, 9.17) is 10.00 Å². The highest BCUT2D eigenvalue weighted by atomic mass is 16.6. The molecule has 7 heteroatoms. The minimum absolute atomic E-state index is 0.0622. The summed E-state index contributed by atoms with van der Waals surface area (Å²) in [6, 6.07) is 7.47. The lowest BCUT2D eigenvalue weighted by atomic mass is 9.91. The smallest absolute Gasteiger partial charge is 0.407 e. The average Bonchev–Trinajstić information content (AvgIpc) is 2.88. The second-order valence-electron chi connectivity index (χ2n) is 7.80. The van der Waals surface area contributed by atoms with E-state index in [1.54, 1.807) is 16.7 Å². The number of nitrogens with one attached hydrogen (secondary N) is 2. The van der Waals surface area contributed by atoms with E-state index in [1.807, 2.05) is 26.8 Å². The molecule has 138 valence electrons. The molecule has 1 aromatic heterocycles. The minimum Gasteiger partial charge on any atom is -0.444 e. The maximum absolute atomic E-state index is 12.4. The molecule has 1 amide bonds. The standard InChI is InChI=1S/C19H24N4O3/c1-19(2,3)26-18(25)21-13-5-7-14(8-6-13)23-16-9-4-12(11-20)10-15(16)22-17(23)24/h4,9-10,13-14H,5-8H2,1-3H3,(H,21,25)(H,22,24)/t13-,14-. The van der Waals surface area contributed by atoms with E-state index in [0.29, 0.717) is 11.1 Å². The molecule has 1 heterocycles. The number of H-pyrrole nitrogens is 1.